The van der Waals surface area contributed by atoms with Crippen LogP contribution in [0.15, 0.2) is 54.7 Å². The van der Waals surface area contributed by atoms with Gasteiger partial charge in [0.1, 0.15) is 5.82 Å². The van der Waals surface area contributed by atoms with E-state index in [0.29, 0.717) is 5.56 Å². The first-order valence-electron chi connectivity index (χ1n) is 6.46. The third-order valence-electron chi connectivity index (χ3n) is 3.42. The van der Waals surface area contributed by atoms with E-state index >= 15 is 0 Å². The lowest BCUT2D eigenvalue weighted by molar-refractivity contribution is 0.0969. The molecule has 1 aromatic heterocycles. The van der Waals surface area contributed by atoms with Crippen LogP contribution in [0.2, 0.25) is 0 Å². The van der Waals surface area contributed by atoms with Gasteiger partial charge in [-0.15, -0.1) is 0 Å². The highest BCUT2D eigenvalue weighted by Gasteiger charge is 2.13. The fourth-order valence-electron chi connectivity index (χ4n) is 2.39. The van der Waals surface area contributed by atoms with Gasteiger partial charge in [-0.05, 0) is 30.3 Å². The molecule has 0 N–H and O–H groups in total. The highest BCUT2D eigenvalue weighted by atomic mass is 19.1. The van der Waals surface area contributed by atoms with Gasteiger partial charge in [0.05, 0.1) is 23.7 Å². The Morgan fingerprint density at radius 3 is 2.71 bits per heavy atom. The van der Waals surface area contributed by atoms with Gasteiger partial charge in [0, 0.05) is 17.1 Å². The minimum Gasteiger partial charge on any atom is -0.340 e. The molecule has 3 aromatic rings. The molecule has 0 saturated heterocycles. The number of rotatable bonds is 3. The Kier molecular flexibility index (Phi) is 3.25. The van der Waals surface area contributed by atoms with Crippen molar-refractivity contribution in [1.29, 1.82) is 5.26 Å². The number of hydrogen-bond donors (Lipinski definition) is 0. The molecule has 2 aromatic carbocycles. The zero-order chi connectivity index (χ0) is 14.8. The fourth-order valence-corrected chi connectivity index (χ4v) is 2.39. The zero-order valence-electron chi connectivity index (χ0n) is 11.1. The molecule has 0 saturated carbocycles. The molecule has 0 bridgehead atoms. The number of fused-ring (bicyclic) bond motifs is 1. The number of carbonyl (C=O) groups excluding carboxylic acids is 1. The predicted octanol–water partition coefficient (Wildman–Crippen LogP) is 3.53. The van der Waals surface area contributed by atoms with Crippen molar-refractivity contribution in [2.45, 2.75) is 6.54 Å². The maximum absolute atomic E-state index is 13.6. The maximum atomic E-state index is 13.6. The second-order valence-electron chi connectivity index (χ2n) is 4.70. The summed E-state index contributed by atoms with van der Waals surface area (Å²) >= 11 is 0. The Morgan fingerprint density at radius 1 is 1.14 bits per heavy atom. The van der Waals surface area contributed by atoms with E-state index < -0.39 is 5.82 Å². The standard InChI is InChI=1S/C17H11FN2O/c18-15-6-2-1-5-14(15)17(21)11-20-9-8-13-12(10-19)4-3-7-16(13)20/h1-9H,11H2. The highest BCUT2D eigenvalue weighted by Crippen LogP contribution is 2.20. The van der Waals surface area contributed by atoms with Crippen LogP contribution in [-0.2, 0) is 6.54 Å². The lowest BCUT2D eigenvalue weighted by atomic mass is 10.1. The second-order valence-corrected chi connectivity index (χ2v) is 4.70. The van der Waals surface area contributed by atoms with Crippen molar-refractivity contribution in [3.63, 3.8) is 0 Å². The van der Waals surface area contributed by atoms with Gasteiger partial charge in [-0.2, -0.15) is 5.26 Å². The quantitative estimate of drug-likeness (QED) is 0.688. The van der Waals surface area contributed by atoms with Crippen molar-refractivity contribution in [2.75, 3.05) is 0 Å². The van der Waals surface area contributed by atoms with Crippen molar-refractivity contribution in [2.24, 2.45) is 0 Å². The van der Waals surface area contributed by atoms with E-state index in [2.05, 4.69) is 6.07 Å². The molecule has 0 aliphatic heterocycles. The number of nitrogens with zero attached hydrogens (tertiary/aromatic N) is 2. The summed E-state index contributed by atoms with van der Waals surface area (Å²) in [6.45, 7) is 0.0410. The molecule has 0 fully saturated rings. The van der Waals surface area contributed by atoms with Crippen LogP contribution < -0.4 is 0 Å². The van der Waals surface area contributed by atoms with Crippen molar-refractivity contribution < 1.29 is 9.18 Å². The topological polar surface area (TPSA) is 45.8 Å². The summed E-state index contributed by atoms with van der Waals surface area (Å²) in [7, 11) is 0. The van der Waals surface area contributed by atoms with E-state index in [1.54, 1.807) is 41.1 Å². The summed E-state index contributed by atoms with van der Waals surface area (Å²) in [6.07, 6.45) is 1.74. The maximum Gasteiger partial charge on any atom is 0.185 e. The summed E-state index contributed by atoms with van der Waals surface area (Å²) in [5, 5.41) is 9.86. The molecule has 3 rings (SSSR count). The molecule has 0 spiro atoms. The number of carbonyl (C=O) groups is 1. The summed E-state index contributed by atoms with van der Waals surface area (Å²) in [6, 6.07) is 15.2. The first kappa shape index (κ1) is 13.1. The van der Waals surface area contributed by atoms with E-state index in [9.17, 15) is 9.18 Å². The molecular formula is C17H11FN2O. The van der Waals surface area contributed by atoms with E-state index in [1.807, 2.05) is 6.07 Å². The van der Waals surface area contributed by atoms with Crippen molar-refractivity contribution >= 4 is 16.7 Å². The number of halogens is 1. The summed E-state index contributed by atoms with van der Waals surface area (Å²) in [5.41, 5.74) is 1.43. The lowest BCUT2D eigenvalue weighted by Crippen LogP contribution is -2.11. The zero-order valence-corrected chi connectivity index (χ0v) is 11.1. The Bertz CT molecular complexity index is 874. The van der Waals surface area contributed by atoms with E-state index in [-0.39, 0.29) is 17.9 Å². The summed E-state index contributed by atoms with van der Waals surface area (Å²) < 4.78 is 15.4. The number of ketones is 1. The number of nitriles is 1. The van der Waals surface area contributed by atoms with Gasteiger partial charge in [-0.1, -0.05) is 18.2 Å². The Balaban J connectivity index is 1.98. The van der Waals surface area contributed by atoms with Crippen LogP contribution in [0.4, 0.5) is 4.39 Å². The Labute approximate surface area is 120 Å². The molecule has 102 valence electrons. The minimum atomic E-state index is -0.517. The van der Waals surface area contributed by atoms with Crippen molar-refractivity contribution in [3.05, 3.63) is 71.7 Å². The van der Waals surface area contributed by atoms with E-state index in [4.69, 9.17) is 5.26 Å². The molecule has 4 heteroatoms. The summed E-state index contributed by atoms with van der Waals surface area (Å²) in [5.74, 6) is -0.815. The van der Waals surface area contributed by atoms with E-state index in [1.165, 1.54) is 12.1 Å². The van der Waals surface area contributed by atoms with Gasteiger partial charge in [0.25, 0.3) is 0 Å². The summed E-state index contributed by atoms with van der Waals surface area (Å²) in [4.78, 5) is 12.2. The van der Waals surface area contributed by atoms with Gasteiger partial charge in [0.2, 0.25) is 0 Å². The number of hydrogen-bond acceptors (Lipinski definition) is 2. The molecule has 0 atom stereocenters. The van der Waals surface area contributed by atoms with Gasteiger partial charge in [-0.25, -0.2) is 4.39 Å². The number of benzene rings is 2. The second kappa shape index (κ2) is 5.22. The van der Waals surface area contributed by atoms with Gasteiger partial charge in [-0.3, -0.25) is 4.79 Å². The third-order valence-corrected chi connectivity index (χ3v) is 3.42. The largest absolute Gasteiger partial charge is 0.340 e. The van der Waals surface area contributed by atoms with Gasteiger partial charge in [0.15, 0.2) is 5.78 Å². The number of Topliss-reactive ketones (excluding diaryl/α,β-unsaturated/α-hetero) is 1. The molecule has 3 nitrogen and oxygen atoms in total. The molecule has 1 heterocycles. The predicted molar refractivity (Wildman–Crippen MR) is 77.4 cm³/mol. The highest BCUT2D eigenvalue weighted by molar-refractivity contribution is 5.97. The van der Waals surface area contributed by atoms with Crippen LogP contribution >= 0.6 is 0 Å². The smallest absolute Gasteiger partial charge is 0.185 e. The Hall–Kier alpha value is -2.93. The first-order chi connectivity index (χ1) is 10.2. The van der Waals surface area contributed by atoms with Crippen LogP contribution in [0.5, 0.6) is 0 Å². The molecular weight excluding hydrogens is 267 g/mol. The third kappa shape index (κ3) is 2.30. The average molecular weight is 278 g/mol. The molecule has 0 unspecified atom stereocenters. The minimum absolute atomic E-state index is 0.0410. The molecule has 0 radical (unpaired) electrons. The van der Waals surface area contributed by atoms with Crippen LogP contribution in [-0.4, -0.2) is 10.4 Å². The van der Waals surface area contributed by atoms with Crippen LogP contribution in [0.1, 0.15) is 15.9 Å². The molecule has 0 amide bonds. The molecule has 0 aliphatic carbocycles. The molecule has 21 heavy (non-hydrogen) atoms. The SMILES string of the molecule is N#Cc1cccc2c1ccn2CC(=O)c1ccccc1F. The van der Waals surface area contributed by atoms with Crippen LogP contribution in [0.25, 0.3) is 10.9 Å². The Morgan fingerprint density at radius 2 is 1.95 bits per heavy atom. The number of aromatic nitrogens is 1. The lowest BCUT2D eigenvalue weighted by Gasteiger charge is -2.06. The monoisotopic (exact) mass is 278 g/mol. The van der Waals surface area contributed by atoms with Gasteiger partial charge < -0.3 is 4.57 Å². The van der Waals surface area contributed by atoms with Gasteiger partial charge >= 0.3 is 0 Å². The van der Waals surface area contributed by atoms with Crippen LogP contribution in [0.3, 0.4) is 0 Å². The molecule has 0 aliphatic rings. The van der Waals surface area contributed by atoms with Crippen LogP contribution in [0, 0.1) is 17.1 Å². The fraction of sp³-hybridized carbons (Fsp3) is 0.0588. The normalized spacial score (nSPS) is 10.5. The first-order valence-corrected chi connectivity index (χ1v) is 6.46. The van der Waals surface area contributed by atoms with Crippen molar-refractivity contribution in [3.8, 4) is 6.07 Å². The average Bonchev–Trinajstić information content (AvgIpc) is 2.91. The van der Waals surface area contributed by atoms with E-state index in [0.717, 1.165) is 10.9 Å². The van der Waals surface area contributed by atoms with Crippen molar-refractivity contribution in [1.82, 2.24) is 4.57 Å².